The van der Waals surface area contributed by atoms with Gasteiger partial charge in [-0.25, -0.2) is 0 Å². The molecule has 0 radical (unpaired) electrons. The molecule has 0 aliphatic carbocycles. The van der Waals surface area contributed by atoms with Crippen molar-refractivity contribution in [1.29, 1.82) is 0 Å². The first kappa shape index (κ1) is 9.19. The zero-order valence-electron chi connectivity index (χ0n) is 7.05. The maximum atomic E-state index is 11.7. The first-order valence-electron chi connectivity index (χ1n) is 4.30. The summed E-state index contributed by atoms with van der Waals surface area (Å²) in [5, 5.41) is 3.18. The summed E-state index contributed by atoms with van der Waals surface area (Å²) in [6.07, 6.45) is 2.05. The summed E-state index contributed by atoms with van der Waals surface area (Å²) in [6, 6.07) is 3.60. The highest BCUT2D eigenvalue weighted by Crippen LogP contribution is 2.24. The van der Waals surface area contributed by atoms with Gasteiger partial charge in [-0.05, 0) is 31.5 Å². The minimum atomic E-state index is 0.0229. The summed E-state index contributed by atoms with van der Waals surface area (Å²) in [4.78, 5) is 12.5. The Balaban J connectivity index is 2.12. The Hall–Kier alpha value is -0.380. The second-order valence-electron chi connectivity index (χ2n) is 3.12. The fraction of sp³-hybridized carbons (Fsp3) is 0.444. The molecule has 1 N–H and O–H groups in total. The lowest BCUT2D eigenvalue weighted by molar-refractivity contribution is 0.0956. The Labute approximate surface area is 85.9 Å². The lowest BCUT2D eigenvalue weighted by Gasteiger charge is -2.05. The molecule has 13 heavy (non-hydrogen) atoms. The van der Waals surface area contributed by atoms with E-state index in [1.807, 2.05) is 0 Å². The number of Topliss-reactive ketones (excluding diaryl/α,β-unsaturated/α-hetero) is 1. The Morgan fingerprint density at radius 3 is 3.00 bits per heavy atom. The van der Waals surface area contributed by atoms with Gasteiger partial charge in [-0.15, -0.1) is 11.3 Å². The number of carbonyl (C=O) groups is 1. The van der Waals surface area contributed by atoms with E-state index in [4.69, 9.17) is 11.6 Å². The van der Waals surface area contributed by atoms with Gasteiger partial charge >= 0.3 is 0 Å². The highest BCUT2D eigenvalue weighted by molar-refractivity contribution is 7.18. The van der Waals surface area contributed by atoms with Crippen LogP contribution in [0.25, 0.3) is 0 Å². The summed E-state index contributed by atoms with van der Waals surface area (Å²) in [5.41, 5.74) is 0. The van der Waals surface area contributed by atoms with Crippen molar-refractivity contribution in [2.75, 3.05) is 6.54 Å². The van der Waals surface area contributed by atoms with E-state index < -0.39 is 0 Å². The summed E-state index contributed by atoms with van der Waals surface area (Å²) in [6.45, 7) is 0.954. The van der Waals surface area contributed by atoms with E-state index in [0.29, 0.717) is 4.34 Å². The van der Waals surface area contributed by atoms with Crippen LogP contribution < -0.4 is 5.32 Å². The zero-order chi connectivity index (χ0) is 9.26. The number of halogens is 1. The van der Waals surface area contributed by atoms with E-state index in [2.05, 4.69) is 5.32 Å². The van der Waals surface area contributed by atoms with Crippen molar-refractivity contribution in [2.45, 2.75) is 18.9 Å². The predicted molar refractivity (Wildman–Crippen MR) is 54.7 cm³/mol. The molecule has 1 unspecified atom stereocenters. The molecule has 1 atom stereocenters. The average Bonchev–Trinajstić information content (AvgIpc) is 2.72. The molecule has 2 nitrogen and oxygen atoms in total. The largest absolute Gasteiger partial charge is 0.307 e. The number of ketones is 1. The van der Waals surface area contributed by atoms with Gasteiger partial charge in [0.05, 0.1) is 15.3 Å². The van der Waals surface area contributed by atoms with E-state index in [1.165, 1.54) is 11.3 Å². The monoisotopic (exact) mass is 215 g/mol. The van der Waals surface area contributed by atoms with Crippen LogP contribution in [0, 0.1) is 0 Å². The smallest absolute Gasteiger partial charge is 0.189 e. The van der Waals surface area contributed by atoms with Gasteiger partial charge in [-0.3, -0.25) is 4.79 Å². The Morgan fingerprint density at radius 1 is 1.62 bits per heavy atom. The van der Waals surface area contributed by atoms with Crippen molar-refractivity contribution >= 4 is 28.7 Å². The molecule has 1 aliphatic rings. The summed E-state index contributed by atoms with van der Waals surface area (Å²) in [7, 11) is 0. The van der Waals surface area contributed by atoms with E-state index in [0.717, 1.165) is 24.3 Å². The highest BCUT2D eigenvalue weighted by Gasteiger charge is 2.23. The molecule has 0 spiro atoms. The van der Waals surface area contributed by atoms with Gasteiger partial charge in [0, 0.05) is 0 Å². The van der Waals surface area contributed by atoms with Gasteiger partial charge < -0.3 is 5.32 Å². The van der Waals surface area contributed by atoms with Gasteiger partial charge in [0.1, 0.15) is 0 Å². The molecule has 0 amide bonds. The number of nitrogens with one attached hydrogen (secondary N) is 1. The third kappa shape index (κ3) is 1.93. The lowest BCUT2D eigenvalue weighted by Crippen LogP contribution is -2.30. The van der Waals surface area contributed by atoms with Crippen LogP contribution in [0.4, 0.5) is 0 Å². The number of hydrogen-bond acceptors (Lipinski definition) is 3. The number of rotatable bonds is 2. The van der Waals surface area contributed by atoms with Crippen molar-refractivity contribution in [3.63, 3.8) is 0 Å². The molecule has 4 heteroatoms. The Kier molecular flexibility index (Phi) is 2.67. The molecule has 2 rings (SSSR count). The molecule has 0 saturated carbocycles. The first-order chi connectivity index (χ1) is 6.27. The second kappa shape index (κ2) is 3.78. The minimum absolute atomic E-state index is 0.0229. The van der Waals surface area contributed by atoms with E-state index in [1.54, 1.807) is 12.1 Å². The van der Waals surface area contributed by atoms with Crippen molar-refractivity contribution in [2.24, 2.45) is 0 Å². The van der Waals surface area contributed by atoms with E-state index in [9.17, 15) is 4.79 Å². The molecule has 0 aromatic carbocycles. The SMILES string of the molecule is O=C(c1ccc(Cl)s1)C1CCCN1. The van der Waals surface area contributed by atoms with Crippen molar-refractivity contribution < 1.29 is 4.79 Å². The average molecular weight is 216 g/mol. The van der Waals surface area contributed by atoms with E-state index in [-0.39, 0.29) is 11.8 Å². The van der Waals surface area contributed by atoms with Crippen LogP contribution in [0.15, 0.2) is 12.1 Å². The first-order valence-corrected chi connectivity index (χ1v) is 5.50. The Bertz CT molecular complexity index is 317. The van der Waals surface area contributed by atoms with Crippen molar-refractivity contribution in [3.8, 4) is 0 Å². The summed E-state index contributed by atoms with van der Waals surface area (Å²) < 4.78 is 0.682. The molecule has 1 fully saturated rings. The van der Waals surface area contributed by atoms with Crippen molar-refractivity contribution in [3.05, 3.63) is 21.3 Å². The highest BCUT2D eigenvalue weighted by atomic mass is 35.5. The minimum Gasteiger partial charge on any atom is -0.307 e. The van der Waals surface area contributed by atoms with Crippen LogP contribution in [0.1, 0.15) is 22.5 Å². The fourth-order valence-corrected chi connectivity index (χ4v) is 2.56. The maximum Gasteiger partial charge on any atom is 0.189 e. The molecule has 1 aromatic heterocycles. The standard InChI is InChI=1S/C9H10ClNOS/c10-8-4-3-7(13-8)9(12)6-2-1-5-11-6/h3-4,6,11H,1-2,5H2. The van der Waals surface area contributed by atoms with Crippen LogP contribution in [0.2, 0.25) is 4.34 Å². The van der Waals surface area contributed by atoms with Crippen molar-refractivity contribution in [1.82, 2.24) is 5.32 Å². The molecular formula is C9H10ClNOS. The quantitative estimate of drug-likeness (QED) is 0.768. The molecule has 70 valence electrons. The van der Waals surface area contributed by atoms with E-state index >= 15 is 0 Å². The van der Waals surface area contributed by atoms with Gasteiger partial charge in [-0.2, -0.15) is 0 Å². The third-order valence-electron chi connectivity index (χ3n) is 2.19. The number of hydrogen-bond donors (Lipinski definition) is 1. The predicted octanol–water partition coefficient (Wildman–Crippen LogP) is 2.34. The van der Waals surface area contributed by atoms with Gasteiger partial charge in [-0.1, -0.05) is 11.6 Å². The van der Waals surface area contributed by atoms with Gasteiger partial charge in [0.2, 0.25) is 0 Å². The second-order valence-corrected chi connectivity index (χ2v) is 4.83. The normalized spacial score (nSPS) is 22.1. The van der Waals surface area contributed by atoms with Gasteiger partial charge in [0.15, 0.2) is 5.78 Å². The lowest BCUT2D eigenvalue weighted by atomic mass is 10.1. The van der Waals surface area contributed by atoms with Gasteiger partial charge in [0.25, 0.3) is 0 Å². The molecule has 1 aromatic rings. The molecule has 1 saturated heterocycles. The van der Waals surface area contributed by atoms with Crippen LogP contribution in [-0.4, -0.2) is 18.4 Å². The topological polar surface area (TPSA) is 29.1 Å². The third-order valence-corrected chi connectivity index (χ3v) is 3.44. The number of thiophene rings is 1. The maximum absolute atomic E-state index is 11.7. The van der Waals surface area contributed by atoms with Crippen LogP contribution in [-0.2, 0) is 0 Å². The molecular weight excluding hydrogens is 206 g/mol. The number of carbonyl (C=O) groups excluding carboxylic acids is 1. The summed E-state index contributed by atoms with van der Waals surface area (Å²) >= 11 is 7.12. The molecule has 1 aliphatic heterocycles. The Morgan fingerprint density at radius 2 is 2.46 bits per heavy atom. The van der Waals surface area contributed by atoms with Crippen LogP contribution in [0.3, 0.4) is 0 Å². The molecule has 2 heterocycles. The van der Waals surface area contributed by atoms with Crippen LogP contribution >= 0.6 is 22.9 Å². The summed E-state index contributed by atoms with van der Waals surface area (Å²) in [5.74, 6) is 0.189. The fourth-order valence-electron chi connectivity index (χ4n) is 1.53. The molecule has 0 bridgehead atoms. The zero-order valence-corrected chi connectivity index (χ0v) is 8.62. The van der Waals surface area contributed by atoms with Crippen LogP contribution in [0.5, 0.6) is 0 Å².